The lowest BCUT2D eigenvalue weighted by atomic mass is 10.0. The molecule has 5 aromatic carbocycles. The minimum Gasteiger partial charge on any atom is -0.342 e. The Labute approximate surface area is 245 Å². The van der Waals surface area contributed by atoms with Crippen molar-refractivity contribution < 1.29 is 0 Å². The van der Waals surface area contributed by atoms with Crippen molar-refractivity contribution >= 4 is 39.2 Å². The van der Waals surface area contributed by atoms with Crippen LogP contribution in [0.15, 0.2) is 140 Å². The molecule has 2 nitrogen and oxygen atoms in total. The maximum Gasteiger partial charge on any atom is 0.0468 e. The van der Waals surface area contributed by atoms with Gasteiger partial charge in [0.15, 0.2) is 0 Å². The molecule has 0 aromatic heterocycles. The van der Waals surface area contributed by atoms with Gasteiger partial charge < -0.3 is 9.80 Å². The molecule has 0 unspecified atom stereocenters. The fourth-order valence-corrected chi connectivity index (χ4v) is 5.36. The van der Waals surface area contributed by atoms with Crippen molar-refractivity contribution in [2.45, 2.75) is 39.5 Å². The molecule has 206 valence electrons. The highest BCUT2D eigenvalue weighted by Crippen LogP contribution is 2.37. The van der Waals surface area contributed by atoms with Crippen LogP contribution in [0.3, 0.4) is 0 Å². The van der Waals surface area contributed by atoms with Crippen LogP contribution in [0.4, 0.5) is 28.4 Å². The topological polar surface area (TPSA) is 6.48 Å². The van der Waals surface area contributed by atoms with Crippen molar-refractivity contribution in [3.05, 3.63) is 151 Å². The van der Waals surface area contributed by atoms with Crippen LogP contribution in [-0.4, -0.2) is 6.54 Å². The minimum absolute atomic E-state index is 0.534. The van der Waals surface area contributed by atoms with Gasteiger partial charge in [-0.3, -0.25) is 0 Å². The minimum atomic E-state index is 0.534. The van der Waals surface area contributed by atoms with Crippen molar-refractivity contribution in [3.63, 3.8) is 0 Å². The molecule has 0 heterocycles. The van der Waals surface area contributed by atoms with Crippen LogP contribution in [0.5, 0.6) is 0 Å². The molecule has 0 N–H and O–H groups in total. The van der Waals surface area contributed by atoms with Gasteiger partial charge in [-0.25, -0.2) is 0 Å². The van der Waals surface area contributed by atoms with Gasteiger partial charge in [-0.05, 0) is 108 Å². The van der Waals surface area contributed by atoms with Crippen LogP contribution >= 0.6 is 0 Å². The summed E-state index contributed by atoms with van der Waals surface area (Å²) >= 11 is 0. The fourth-order valence-electron chi connectivity index (χ4n) is 5.36. The Kier molecular flexibility index (Phi) is 9.01. The van der Waals surface area contributed by atoms with Gasteiger partial charge in [0.25, 0.3) is 0 Å². The number of anilines is 5. The Bertz CT molecular complexity index is 1600. The zero-order valence-electron chi connectivity index (χ0n) is 24.5. The lowest BCUT2D eigenvalue weighted by molar-refractivity contribution is 0.866. The molecular weight excluding hydrogens is 496 g/mol. The number of fused-ring (bicyclic) bond motifs is 1. The molecule has 0 fully saturated rings. The van der Waals surface area contributed by atoms with Crippen LogP contribution in [0.25, 0.3) is 10.8 Å². The first-order chi connectivity index (χ1) is 20.1. The van der Waals surface area contributed by atoms with Crippen molar-refractivity contribution in [1.82, 2.24) is 0 Å². The Morgan fingerprint density at radius 1 is 0.659 bits per heavy atom. The Morgan fingerprint density at radius 3 is 1.88 bits per heavy atom. The maximum atomic E-state index is 3.75. The molecule has 0 aliphatic heterocycles. The zero-order chi connectivity index (χ0) is 28.6. The van der Waals surface area contributed by atoms with Gasteiger partial charge >= 0.3 is 0 Å². The summed E-state index contributed by atoms with van der Waals surface area (Å²) in [6.45, 7) is 11.4. The van der Waals surface area contributed by atoms with E-state index in [0.717, 1.165) is 36.4 Å². The maximum absolute atomic E-state index is 3.75. The highest BCUT2D eigenvalue weighted by molar-refractivity contribution is 5.92. The molecule has 5 rings (SSSR count). The van der Waals surface area contributed by atoms with Crippen LogP contribution in [0.1, 0.15) is 44.2 Å². The van der Waals surface area contributed by atoms with Crippen LogP contribution in [0, 0.1) is 0 Å². The molecule has 0 saturated heterocycles. The normalized spacial score (nSPS) is 11.3. The van der Waals surface area contributed by atoms with Gasteiger partial charge in [0, 0.05) is 35.0 Å². The Hall–Kier alpha value is -4.56. The van der Waals surface area contributed by atoms with Gasteiger partial charge in [0.1, 0.15) is 0 Å². The summed E-state index contributed by atoms with van der Waals surface area (Å²) < 4.78 is 0. The van der Waals surface area contributed by atoms with Crippen molar-refractivity contribution in [1.29, 1.82) is 0 Å². The SMILES string of the molecule is C=C/C=C/CCc1ccc(N(c2ccccc2)c2ccc3cc(N(CC)c4ccc(C(C)C)cc4)ccc3c2)cc1. The van der Waals surface area contributed by atoms with E-state index in [2.05, 4.69) is 158 Å². The summed E-state index contributed by atoms with van der Waals surface area (Å²) in [5.41, 5.74) is 8.59. The summed E-state index contributed by atoms with van der Waals surface area (Å²) in [4.78, 5) is 4.71. The Morgan fingerprint density at radius 2 is 1.24 bits per heavy atom. The molecular formula is C39H40N2. The molecule has 0 aliphatic rings. The largest absolute Gasteiger partial charge is 0.342 e. The van der Waals surface area contributed by atoms with Crippen molar-refractivity contribution in [2.24, 2.45) is 0 Å². The van der Waals surface area contributed by atoms with E-state index in [0.29, 0.717) is 5.92 Å². The molecule has 0 saturated carbocycles. The van der Waals surface area contributed by atoms with Crippen molar-refractivity contribution in [3.8, 4) is 0 Å². The Balaban J connectivity index is 1.45. The number of para-hydroxylation sites is 1. The van der Waals surface area contributed by atoms with E-state index in [1.807, 2.05) is 12.2 Å². The molecule has 0 atom stereocenters. The molecule has 0 spiro atoms. The summed E-state index contributed by atoms with van der Waals surface area (Å²) in [5, 5.41) is 2.46. The van der Waals surface area contributed by atoms with Gasteiger partial charge in [-0.1, -0.05) is 93.3 Å². The fraction of sp³-hybridized carbons (Fsp3) is 0.179. The first kappa shape index (κ1) is 28.0. The second-order valence-electron chi connectivity index (χ2n) is 10.7. The van der Waals surface area contributed by atoms with Crippen LogP contribution < -0.4 is 9.80 Å². The number of nitrogens with zero attached hydrogens (tertiary/aromatic N) is 2. The van der Waals surface area contributed by atoms with Gasteiger partial charge in [0.05, 0.1) is 0 Å². The third kappa shape index (κ3) is 6.61. The predicted octanol–water partition coefficient (Wildman–Crippen LogP) is 11.3. The van der Waals surface area contributed by atoms with Crippen LogP contribution in [-0.2, 0) is 6.42 Å². The second-order valence-corrected chi connectivity index (χ2v) is 10.7. The zero-order valence-corrected chi connectivity index (χ0v) is 24.5. The highest BCUT2D eigenvalue weighted by atomic mass is 15.1. The molecule has 0 aliphatic carbocycles. The molecule has 2 heteroatoms. The number of rotatable bonds is 11. The average Bonchev–Trinajstić information content (AvgIpc) is 3.01. The number of hydrogen-bond donors (Lipinski definition) is 0. The molecule has 0 amide bonds. The number of hydrogen-bond acceptors (Lipinski definition) is 2. The molecule has 5 aromatic rings. The predicted molar refractivity (Wildman–Crippen MR) is 179 cm³/mol. The summed E-state index contributed by atoms with van der Waals surface area (Å²) in [7, 11) is 0. The summed E-state index contributed by atoms with van der Waals surface area (Å²) in [5.74, 6) is 0.534. The van der Waals surface area contributed by atoms with E-state index >= 15 is 0 Å². The van der Waals surface area contributed by atoms with E-state index in [-0.39, 0.29) is 0 Å². The first-order valence-electron chi connectivity index (χ1n) is 14.7. The average molecular weight is 537 g/mol. The van der Waals surface area contributed by atoms with Gasteiger partial charge in [0.2, 0.25) is 0 Å². The van der Waals surface area contributed by atoms with Crippen LogP contribution in [0.2, 0.25) is 0 Å². The van der Waals surface area contributed by atoms with Gasteiger partial charge in [-0.15, -0.1) is 0 Å². The standard InChI is InChI=1S/C39H40N2/c1-5-7-8-10-13-31-16-22-37(23-17-31)41(36-14-11-9-12-15-36)39-27-21-33-28-38(26-20-34(33)29-39)40(6-2)35-24-18-32(19-25-35)30(3)4/h5,7-9,11-12,14-30H,1,6,10,13H2,2-4H3/b8-7+. The van der Waals surface area contributed by atoms with Crippen molar-refractivity contribution in [2.75, 3.05) is 16.3 Å². The molecule has 0 bridgehead atoms. The number of benzene rings is 5. The summed E-state index contributed by atoms with van der Waals surface area (Å²) in [6, 6.07) is 42.1. The molecule has 41 heavy (non-hydrogen) atoms. The molecule has 0 radical (unpaired) electrons. The monoisotopic (exact) mass is 536 g/mol. The highest BCUT2D eigenvalue weighted by Gasteiger charge is 2.14. The van der Waals surface area contributed by atoms with E-state index in [1.165, 1.54) is 33.3 Å². The van der Waals surface area contributed by atoms with E-state index < -0.39 is 0 Å². The number of allylic oxidation sites excluding steroid dienone is 3. The van der Waals surface area contributed by atoms with E-state index in [1.54, 1.807) is 0 Å². The second kappa shape index (κ2) is 13.2. The first-order valence-corrected chi connectivity index (χ1v) is 14.7. The van der Waals surface area contributed by atoms with Gasteiger partial charge in [-0.2, -0.15) is 0 Å². The quantitative estimate of drug-likeness (QED) is 0.155. The lowest BCUT2D eigenvalue weighted by Gasteiger charge is -2.27. The number of aryl methyl sites for hydroxylation is 1. The smallest absolute Gasteiger partial charge is 0.0468 e. The van der Waals surface area contributed by atoms with E-state index in [4.69, 9.17) is 0 Å². The lowest BCUT2D eigenvalue weighted by Crippen LogP contribution is -2.16. The third-order valence-electron chi connectivity index (χ3n) is 7.65. The summed E-state index contributed by atoms with van der Waals surface area (Å²) in [6.07, 6.45) is 8.04. The van der Waals surface area contributed by atoms with E-state index in [9.17, 15) is 0 Å². The third-order valence-corrected chi connectivity index (χ3v) is 7.65.